The Morgan fingerprint density at radius 1 is 1.07 bits per heavy atom. The number of rotatable bonds is 7. The van der Waals surface area contributed by atoms with Crippen LogP contribution in [0.3, 0.4) is 0 Å². The number of allylic oxidation sites excluding steroid dienone is 1. The number of aliphatic hydroxyl groups excluding tert-OH is 1. The summed E-state index contributed by atoms with van der Waals surface area (Å²) in [4.78, 5) is 0. The average molecular weight is 423 g/mol. The van der Waals surface area contributed by atoms with Crippen molar-refractivity contribution in [2.75, 3.05) is 6.61 Å². The summed E-state index contributed by atoms with van der Waals surface area (Å²) in [5.41, 5.74) is 1.73. The van der Waals surface area contributed by atoms with Gasteiger partial charge in [-0.25, -0.2) is 0 Å². The fraction of sp³-hybridized carbons (Fsp3) is 0.920. The fourth-order valence-corrected chi connectivity index (χ4v) is 10.4. The zero-order valence-electron chi connectivity index (χ0n) is 20.1. The molecule has 3 fully saturated rings. The van der Waals surface area contributed by atoms with E-state index in [2.05, 4.69) is 54.5 Å². The first-order chi connectivity index (χ1) is 13.7. The minimum atomic E-state index is -1.67. The van der Waals surface area contributed by atoms with Crippen LogP contribution >= 0.6 is 0 Å². The molecule has 1 heterocycles. The van der Waals surface area contributed by atoms with Crippen LogP contribution in [0.2, 0.25) is 18.1 Å². The topological polar surface area (TPSA) is 38.7 Å². The van der Waals surface area contributed by atoms with E-state index >= 15 is 0 Å². The molecular formula is C25H46O3Si. The van der Waals surface area contributed by atoms with E-state index in [-0.39, 0.29) is 35.6 Å². The van der Waals surface area contributed by atoms with Gasteiger partial charge >= 0.3 is 0 Å². The zero-order chi connectivity index (χ0) is 21.4. The van der Waals surface area contributed by atoms with E-state index in [1.807, 2.05) is 0 Å². The molecule has 7 atom stereocenters. The maximum atomic E-state index is 10.6. The Morgan fingerprint density at radius 3 is 2.28 bits per heavy atom. The maximum absolute atomic E-state index is 10.6. The first kappa shape index (κ1) is 23.5. The van der Waals surface area contributed by atoms with Crippen LogP contribution in [0.1, 0.15) is 80.6 Å². The van der Waals surface area contributed by atoms with Crippen LogP contribution in [0.4, 0.5) is 0 Å². The first-order valence-electron chi connectivity index (χ1n) is 12.3. The molecule has 1 saturated heterocycles. The van der Waals surface area contributed by atoms with E-state index in [0.29, 0.717) is 12.0 Å². The Balaban J connectivity index is 1.85. The molecule has 0 bridgehead atoms. The van der Waals surface area contributed by atoms with E-state index in [0.717, 1.165) is 25.7 Å². The first-order valence-corrected chi connectivity index (χ1v) is 14.8. The highest BCUT2D eigenvalue weighted by Crippen LogP contribution is 2.64. The van der Waals surface area contributed by atoms with Crippen LogP contribution < -0.4 is 0 Å². The van der Waals surface area contributed by atoms with Gasteiger partial charge in [-0.2, -0.15) is 0 Å². The van der Waals surface area contributed by atoms with Gasteiger partial charge in [0.05, 0.1) is 18.3 Å². The van der Waals surface area contributed by atoms with Crippen molar-refractivity contribution in [3.63, 3.8) is 0 Å². The number of aliphatic hydroxyl groups is 1. The standard InChI is InChI=1S/C25H46O3Si/c1-8-29(9-2,10-3)28-21-11-12-22-24(6,20(21)17-26)14-13-23-25(22,7)16-19(27-23)15-18(4)5/h15,19-23,26H,8-14,16-17H2,1-7H3/t19-,20?,21?,22?,23?,24?,25?/m1/s1. The predicted octanol–water partition coefficient (Wildman–Crippen LogP) is 6.33. The summed E-state index contributed by atoms with van der Waals surface area (Å²) in [6.45, 7) is 16.5. The van der Waals surface area contributed by atoms with Crippen molar-refractivity contribution >= 4 is 8.32 Å². The molecule has 3 aliphatic rings. The van der Waals surface area contributed by atoms with Crippen molar-refractivity contribution in [2.45, 2.75) is 117 Å². The van der Waals surface area contributed by atoms with Crippen molar-refractivity contribution < 1.29 is 14.3 Å². The smallest absolute Gasteiger partial charge is 0.192 e. The van der Waals surface area contributed by atoms with Crippen molar-refractivity contribution in [3.8, 4) is 0 Å². The SMILES string of the molecule is CC[Si](CC)(CC)OC1CCC2C3(C)C[C@@H](C=C(C)C)OC3CCC2(C)C1CO. The number of hydrogen-bond donors (Lipinski definition) is 1. The Labute approximate surface area is 180 Å². The van der Waals surface area contributed by atoms with Crippen LogP contribution in [0.5, 0.6) is 0 Å². The third-order valence-corrected chi connectivity index (χ3v) is 14.0. The predicted molar refractivity (Wildman–Crippen MR) is 124 cm³/mol. The van der Waals surface area contributed by atoms with Gasteiger partial charge in [-0.15, -0.1) is 0 Å². The second-order valence-corrected chi connectivity index (χ2v) is 15.7. The lowest BCUT2D eigenvalue weighted by atomic mass is 9.46. The van der Waals surface area contributed by atoms with Crippen molar-refractivity contribution in [1.29, 1.82) is 0 Å². The van der Waals surface area contributed by atoms with Gasteiger partial charge in [0.1, 0.15) is 0 Å². The normalized spacial score (nSPS) is 42.3. The van der Waals surface area contributed by atoms with Crippen LogP contribution in [-0.4, -0.2) is 38.3 Å². The highest BCUT2D eigenvalue weighted by Gasteiger charge is 2.62. The van der Waals surface area contributed by atoms with E-state index < -0.39 is 8.32 Å². The molecule has 2 aliphatic carbocycles. The number of hydrogen-bond acceptors (Lipinski definition) is 3. The highest BCUT2D eigenvalue weighted by atomic mass is 28.4. The fourth-order valence-electron chi connectivity index (χ4n) is 7.43. The van der Waals surface area contributed by atoms with E-state index in [1.165, 1.54) is 30.1 Å². The Morgan fingerprint density at radius 2 is 1.72 bits per heavy atom. The van der Waals surface area contributed by atoms with Crippen molar-refractivity contribution in [3.05, 3.63) is 11.6 Å². The minimum absolute atomic E-state index is 0.154. The molecule has 29 heavy (non-hydrogen) atoms. The van der Waals surface area contributed by atoms with Crippen LogP contribution in [0, 0.1) is 22.7 Å². The molecule has 0 spiro atoms. The van der Waals surface area contributed by atoms with E-state index in [4.69, 9.17) is 9.16 Å². The average Bonchev–Trinajstić information content (AvgIpc) is 3.00. The Hall–Kier alpha value is -0.163. The summed E-state index contributed by atoms with van der Waals surface area (Å²) in [5, 5.41) is 10.6. The molecule has 0 aromatic carbocycles. The van der Waals surface area contributed by atoms with Gasteiger partial charge < -0.3 is 14.3 Å². The summed E-state index contributed by atoms with van der Waals surface area (Å²) in [5.74, 6) is 0.875. The molecule has 1 aliphatic heterocycles. The molecule has 0 aromatic heterocycles. The van der Waals surface area contributed by atoms with Crippen LogP contribution in [-0.2, 0) is 9.16 Å². The number of fused-ring (bicyclic) bond motifs is 3. The molecule has 3 rings (SSSR count). The largest absolute Gasteiger partial charge is 0.414 e. The molecule has 0 amide bonds. The zero-order valence-corrected chi connectivity index (χ0v) is 21.1. The summed E-state index contributed by atoms with van der Waals surface area (Å²) >= 11 is 0. The third-order valence-electron chi connectivity index (χ3n) is 9.34. The monoisotopic (exact) mass is 422 g/mol. The summed E-state index contributed by atoms with van der Waals surface area (Å²) in [6, 6.07) is 3.56. The molecule has 4 heteroatoms. The maximum Gasteiger partial charge on any atom is 0.192 e. The molecule has 1 N–H and O–H groups in total. The van der Waals surface area contributed by atoms with Crippen LogP contribution in [0.15, 0.2) is 11.6 Å². The van der Waals surface area contributed by atoms with Gasteiger partial charge in [0.2, 0.25) is 0 Å². The van der Waals surface area contributed by atoms with Crippen molar-refractivity contribution in [2.24, 2.45) is 22.7 Å². The van der Waals surface area contributed by atoms with E-state index in [1.54, 1.807) is 0 Å². The number of ether oxygens (including phenoxy) is 1. The molecule has 6 unspecified atom stereocenters. The molecule has 2 saturated carbocycles. The molecule has 3 nitrogen and oxygen atoms in total. The third kappa shape index (κ3) is 4.04. The summed E-state index contributed by atoms with van der Waals surface area (Å²) < 4.78 is 13.5. The highest BCUT2D eigenvalue weighted by molar-refractivity contribution is 6.73. The molecule has 0 radical (unpaired) electrons. The van der Waals surface area contributed by atoms with Crippen molar-refractivity contribution in [1.82, 2.24) is 0 Å². The second-order valence-electron chi connectivity index (χ2n) is 11.0. The minimum Gasteiger partial charge on any atom is -0.414 e. The lowest BCUT2D eigenvalue weighted by molar-refractivity contribution is -0.160. The van der Waals surface area contributed by atoms with Gasteiger partial charge in [0.15, 0.2) is 8.32 Å². The molecular weight excluding hydrogens is 376 g/mol. The van der Waals surface area contributed by atoms with Gasteiger partial charge in [0, 0.05) is 12.5 Å². The quantitative estimate of drug-likeness (QED) is 0.385. The van der Waals surface area contributed by atoms with Gasteiger partial charge in [-0.1, -0.05) is 46.3 Å². The van der Waals surface area contributed by atoms with Gasteiger partial charge in [-0.3, -0.25) is 0 Å². The van der Waals surface area contributed by atoms with Crippen LogP contribution in [0.25, 0.3) is 0 Å². The van der Waals surface area contributed by atoms with E-state index in [9.17, 15) is 5.11 Å². The summed E-state index contributed by atoms with van der Waals surface area (Å²) in [7, 11) is -1.67. The lowest BCUT2D eigenvalue weighted by Gasteiger charge is -2.60. The van der Waals surface area contributed by atoms with Gasteiger partial charge in [0.25, 0.3) is 0 Å². The lowest BCUT2D eigenvalue weighted by Crippen LogP contribution is -2.59. The Kier molecular flexibility index (Phi) is 7.10. The summed E-state index contributed by atoms with van der Waals surface area (Å²) in [6.07, 6.45) is 8.93. The second kappa shape index (κ2) is 8.76. The Bertz CT molecular complexity index is 589. The molecule has 168 valence electrons. The molecule has 0 aromatic rings. The van der Waals surface area contributed by atoms with Gasteiger partial charge in [-0.05, 0) is 80.8 Å².